The zero-order valence-electron chi connectivity index (χ0n) is 7.00. The maximum absolute atomic E-state index is 12.8. The number of nitrogen functional groups attached to an aromatic ring is 2. The molecule has 0 aliphatic rings. The number of nitrogens with two attached hydrogens (primary N) is 2. The van der Waals surface area contributed by atoms with Crippen LogP contribution in [0.5, 0.6) is 0 Å². The number of esters is 1. The van der Waals surface area contributed by atoms with Crippen LogP contribution in [0.15, 0.2) is 12.1 Å². The summed E-state index contributed by atoms with van der Waals surface area (Å²) >= 11 is 0. The third-order valence-corrected chi connectivity index (χ3v) is 1.64. The minimum Gasteiger partial charge on any atom is -0.465 e. The Bertz CT molecular complexity index is 352. The maximum Gasteiger partial charge on any atom is 0.340 e. The lowest BCUT2D eigenvalue weighted by atomic mass is 10.1. The molecular weight excluding hydrogens is 175 g/mol. The molecule has 5 heteroatoms. The third-order valence-electron chi connectivity index (χ3n) is 1.64. The molecule has 0 spiro atoms. The van der Waals surface area contributed by atoms with E-state index < -0.39 is 11.8 Å². The number of methoxy groups -OCH3 is 1. The first-order chi connectivity index (χ1) is 6.07. The number of benzene rings is 1. The van der Waals surface area contributed by atoms with E-state index in [1.54, 1.807) is 0 Å². The van der Waals surface area contributed by atoms with E-state index in [0.717, 1.165) is 6.07 Å². The molecule has 0 amide bonds. The minimum atomic E-state index is -0.648. The molecule has 0 saturated carbocycles. The molecule has 0 fully saturated rings. The van der Waals surface area contributed by atoms with Crippen molar-refractivity contribution in [3.63, 3.8) is 0 Å². The first-order valence-corrected chi connectivity index (χ1v) is 3.49. The van der Waals surface area contributed by atoms with E-state index in [0.29, 0.717) is 0 Å². The standard InChI is InChI=1S/C8H9FN2O2/c1-13-8(12)4-2-3-5(9)7(11)6(4)10/h2-3H,10-11H2,1H3. The van der Waals surface area contributed by atoms with Gasteiger partial charge in [-0.2, -0.15) is 0 Å². The van der Waals surface area contributed by atoms with Crippen molar-refractivity contribution in [2.75, 3.05) is 18.6 Å². The van der Waals surface area contributed by atoms with Gasteiger partial charge in [0.25, 0.3) is 0 Å². The van der Waals surface area contributed by atoms with E-state index in [1.165, 1.54) is 13.2 Å². The number of carbonyl (C=O) groups excluding carboxylic acids is 1. The molecule has 0 aliphatic carbocycles. The minimum absolute atomic E-state index is 0.0707. The fraction of sp³-hybridized carbons (Fsp3) is 0.125. The van der Waals surface area contributed by atoms with Crippen LogP contribution in [0.2, 0.25) is 0 Å². The summed E-state index contributed by atoms with van der Waals surface area (Å²) in [4.78, 5) is 11.0. The van der Waals surface area contributed by atoms with Gasteiger partial charge in [0, 0.05) is 0 Å². The van der Waals surface area contributed by atoms with Crippen LogP contribution in [0.3, 0.4) is 0 Å². The van der Waals surface area contributed by atoms with Crippen molar-refractivity contribution in [2.45, 2.75) is 0 Å². The lowest BCUT2D eigenvalue weighted by molar-refractivity contribution is 0.0602. The van der Waals surface area contributed by atoms with Gasteiger partial charge in [-0.25, -0.2) is 9.18 Å². The van der Waals surface area contributed by atoms with E-state index in [2.05, 4.69) is 4.74 Å². The molecule has 0 saturated heterocycles. The third kappa shape index (κ3) is 1.53. The summed E-state index contributed by atoms with van der Waals surface area (Å²) in [5, 5.41) is 0. The Hall–Kier alpha value is -1.78. The van der Waals surface area contributed by atoms with E-state index in [4.69, 9.17) is 11.5 Å². The molecule has 0 aliphatic heterocycles. The number of hydrogen-bond donors (Lipinski definition) is 2. The molecule has 4 N–H and O–H groups in total. The Morgan fingerprint density at radius 1 is 1.38 bits per heavy atom. The lowest BCUT2D eigenvalue weighted by Gasteiger charge is -2.06. The van der Waals surface area contributed by atoms with Gasteiger partial charge in [0.1, 0.15) is 5.82 Å². The average molecular weight is 184 g/mol. The Labute approximate surface area is 74.3 Å². The van der Waals surface area contributed by atoms with Crippen LogP contribution in [0, 0.1) is 5.82 Å². The van der Waals surface area contributed by atoms with Gasteiger partial charge >= 0.3 is 5.97 Å². The second-order valence-corrected chi connectivity index (χ2v) is 2.41. The van der Waals surface area contributed by atoms with Gasteiger partial charge in [0.15, 0.2) is 0 Å². The summed E-state index contributed by atoms with van der Waals surface area (Å²) in [7, 11) is 1.21. The fourth-order valence-electron chi connectivity index (χ4n) is 0.898. The normalized spacial score (nSPS) is 9.69. The lowest BCUT2D eigenvalue weighted by Crippen LogP contribution is -2.08. The molecule has 0 unspecified atom stereocenters. The van der Waals surface area contributed by atoms with Crippen molar-refractivity contribution >= 4 is 17.3 Å². The average Bonchev–Trinajstić information content (AvgIpc) is 2.13. The molecule has 4 nitrogen and oxygen atoms in total. The van der Waals surface area contributed by atoms with Crippen LogP contribution >= 0.6 is 0 Å². The quantitative estimate of drug-likeness (QED) is 0.499. The number of anilines is 2. The number of carbonyl (C=O) groups is 1. The first kappa shape index (κ1) is 9.31. The van der Waals surface area contributed by atoms with E-state index >= 15 is 0 Å². The molecule has 0 atom stereocenters. The molecule has 1 aromatic carbocycles. The second-order valence-electron chi connectivity index (χ2n) is 2.41. The van der Waals surface area contributed by atoms with Gasteiger partial charge in [-0.1, -0.05) is 0 Å². The second kappa shape index (κ2) is 3.30. The highest BCUT2D eigenvalue weighted by Gasteiger charge is 2.14. The predicted octanol–water partition coefficient (Wildman–Crippen LogP) is 0.777. The smallest absolute Gasteiger partial charge is 0.340 e. The van der Waals surface area contributed by atoms with E-state index in [1.807, 2.05) is 0 Å². The van der Waals surface area contributed by atoms with E-state index in [9.17, 15) is 9.18 Å². The topological polar surface area (TPSA) is 78.3 Å². The molecule has 1 rings (SSSR count). The molecule has 0 radical (unpaired) electrons. The number of rotatable bonds is 1. The number of ether oxygens (including phenoxy) is 1. The molecule has 13 heavy (non-hydrogen) atoms. The summed E-state index contributed by atoms with van der Waals surface area (Å²) in [5.41, 5.74) is 10.4. The highest BCUT2D eigenvalue weighted by atomic mass is 19.1. The van der Waals surface area contributed by atoms with Gasteiger partial charge in [0.2, 0.25) is 0 Å². The molecular formula is C8H9FN2O2. The predicted molar refractivity (Wildman–Crippen MR) is 46.6 cm³/mol. The van der Waals surface area contributed by atoms with Crippen molar-refractivity contribution < 1.29 is 13.9 Å². The Morgan fingerprint density at radius 3 is 2.54 bits per heavy atom. The number of halogens is 1. The van der Waals surface area contributed by atoms with Crippen molar-refractivity contribution in [1.82, 2.24) is 0 Å². The van der Waals surface area contributed by atoms with Crippen LogP contribution in [-0.4, -0.2) is 13.1 Å². The van der Waals surface area contributed by atoms with Crippen LogP contribution in [-0.2, 0) is 4.74 Å². The van der Waals surface area contributed by atoms with Gasteiger partial charge in [-0.05, 0) is 12.1 Å². The van der Waals surface area contributed by atoms with Crippen LogP contribution in [0.25, 0.3) is 0 Å². The SMILES string of the molecule is COC(=O)c1ccc(F)c(N)c1N. The molecule has 0 heterocycles. The first-order valence-electron chi connectivity index (χ1n) is 3.49. The van der Waals surface area contributed by atoms with Gasteiger partial charge in [0.05, 0.1) is 24.0 Å². The van der Waals surface area contributed by atoms with Crippen molar-refractivity contribution in [2.24, 2.45) is 0 Å². The molecule has 0 bridgehead atoms. The highest BCUT2D eigenvalue weighted by Crippen LogP contribution is 2.23. The summed E-state index contributed by atoms with van der Waals surface area (Å²) in [6.07, 6.45) is 0. The molecule has 0 aromatic heterocycles. The van der Waals surface area contributed by atoms with Crippen molar-refractivity contribution in [3.05, 3.63) is 23.5 Å². The summed E-state index contributed by atoms with van der Waals surface area (Å²) in [6.45, 7) is 0. The highest BCUT2D eigenvalue weighted by molar-refractivity contribution is 5.97. The van der Waals surface area contributed by atoms with Crippen LogP contribution < -0.4 is 11.5 Å². The zero-order valence-corrected chi connectivity index (χ0v) is 7.00. The van der Waals surface area contributed by atoms with Crippen molar-refractivity contribution in [1.29, 1.82) is 0 Å². The van der Waals surface area contributed by atoms with Crippen molar-refractivity contribution in [3.8, 4) is 0 Å². The summed E-state index contributed by atoms with van der Waals surface area (Å²) < 4.78 is 17.2. The van der Waals surface area contributed by atoms with Crippen LogP contribution in [0.1, 0.15) is 10.4 Å². The van der Waals surface area contributed by atoms with Gasteiger partial charge in [-0.15, -0.1) is 0 Å². The molecule has 1 aromatic rings. The monoisotopic (exact) mass is 184 g/mol. The number of hydrogen-bond acceptors (Lipinski definition) is 4. The largest absolute Gasteiger partial charge is 0.465 e. The Morgan fingerprint density at radius 2 is 2.00 bits per heavy atom. The Kier molecular flexibility index (Phi) is 2.36. The Balaban J connectivity index is 3.26. The molecule has 70 valence electrons. The van der Waals surface area contributed by atoms with Crippen LogP contribution in [0.4, 0.5) is 15.8 Å². The van der Waals surface area contributed by atoms with E-state index in [-0.39, 0.29) is 16.9 Å². The van der Waals surface area contributed by atoms with Gasteiger partial charge < -0.3 is 16.2 Å². The summed E-state index contributed by atoms with van der Waals surface area (Å²) in [6, 6.07) is 2.30. The fourth-order valence-corrected chi connectivity index (χ4v) is 0.898. The summed E-state index contributed by atoms with van der Waals surface area (Å²) in [5.74, 6) is -1.28. The maximum atomic E-state index is 12.8. The zero-order chi connectivity index (χ0) is 10.0. The van der Waals surface area contributed by atoms with Gasteiger partial charge in [-0.3, -0.25) is 0 Å².